The molecule has 27 heavy (non-hydrogen) atoms. The Bertz CT molecular complexity index is 993. The molecule has 10 heteroatoms. The summed E-state index contributed by atoms with van der Waals surface area (Å²) in [5.74, 6) is 0.295. The van der Waals surface area contributed by atoms with Crippen LogP contribution in [0.25, 0.3) is 11.4 Å². The molecule has 2 aromatic carbocycles. The van der Waals surface area contributed by atoms with E-state index in [0.717, 1.165) is 5.56 Å². The molecule has 8 nitrogen and oxygen atoms in total. The number of hydrogen-bond acceptors (Lipinski definition) is 6. The number of nitrogens with zero attached hydrogens (tertiary/aromatic N) is 4. The third kappa shape index (κ3) is 4.44. The Labute approximate surface area is 163 Å². The number of carbonyl (C=O) groups is 1. The van der Waals surface area contributed by atoms with Gasteiger partial charge in [0.2, 0.25) is 5.91 Å². The number of nitro groups is 1. The molecule has 1 aromatic heterocycles. The number of rotatable bonds is 6. The molecule has 3 aromatic rings. The van der Waals surface area contributed by atoms with Crippen molar-refractivity contribution in [2.75, 3.05) is 11.1 Å². The highest BCUT2D eigenvalue weighted by molar-refractivity contribution is 7.99. The first-order valence-corrected chi connectivity index (χ1v) is 9.13. The van der Waals surface area contributed by atoms with Crippen LogP contribution in [0, 0.1) is 10.1 Å². The summed E-state index contributed by atoms with van der Waals surface area (Å²) in [6.45, 7) is 0. The Morgan fingerprint density at radius 1 is 1.26 bits per heavy atom. The van der Waals surface area contributed by atoms with Gasteiger partial charge in [-0.1, -0.05) is 53.7 Å². The summed E-state index contributed by atoms with van der Waals surface area (Å²) in [5, 5.41) is 22.7. The van der Waals surface area contributed by atoms with Gasteiger partial charge in [0.25, 0.3) is 5.69 Å². The summed E-state index contributed by atoms with van der Waals surface area (Å²) in [6.07, 6.45) is 0. The van der Waals surface area contributed by atoms with Crippen LogP contribution in [-0.4, -0.2) is 31.3 Å². The van der Waals surface area contributed by atoms with Gasteiger partial charge in [-0.05, 0) is 12.1 Å². The van der Waals surface area contributed by atoms with E-state index < -0.39 is 10.8 Å². The van der Waals surface area contributed by atoms with Crippen molar-refractivity contribution >= 4 is 40.6 Å². The smallest absolute Gasteiger partial charge is 0.292 e. The molecule has 0 aliphatic rings. The second-order valence-corrected chi connectivity index (χ2v) is 6.87. The van der Waals surface area contributed by atoms with Crippen LogP contribution < -0.4 is 5.32 Å². The predicted molar refractivity (Wildman–Crippen MR) is 104 cm³/mol. The highest BCUT2D eigenvalue weighted by atomic mass is 35.5. The second kappa shape index (κ2) is 8.19. The van der Waals surface area contributed by atoms with E-state index in [1.165, 1.54) is 30.0 Å². The molecule has 1 N–H and O–H groups in total. The molecule has 0 saturated carbocycles. The lowest BCUT2D eigenvalue weighted by molar-refractivity contribution is -0.383. The number of aromatic nitrogens is 3. The van der Waals surface area contributed by atoms with E-state index in [0.29, 0.717) is 16.0 Å². The van der Waals surface area contributed by atoms with Gasteiger partial charge in [-0.15, -0.1) is 10.2 Å². The van der Waals surface area contributed by atoms with Gasteiger partial charge in [-0.3, -0.25) is 14.9 Å². The zero-order valence-electron chi connectivity index (χ0n) is 14.1. The minimum Gasteiger partial charge on any atom is -0.320 e. The van der Waals surface area contributed by atoms with Crippen molar-refractivity contribution < 1.29 is 9.72 Å². The van der Waals surface area contributed by atoms with Gasteiger partial charge >= 0.3 is 0 Å². The topological polar surface area (TPSA) is 103 Å². The van der Waals surface area contributed by atoms with E-state index in [4.69, 9.17) is 11.6 Å². The maximum atomic E-state index is 12.2. The quantitative estimate of drug-likeness (QED) is 0.381. The molecule has 0 spiro atoms. The maximum Gasteiger partial charge on any atom is 0.292 e. The standard InChI is InChI=1S/C17H14ClN5O3S/c1-22-16(11-5-3-2-4-6-11)20-21-17(22)27-10-15(24)19-13-9-12(18)7-8-14(13)23(25)26/h2-9H,10H2,1H3,(H,19,24). The molecule has 138 valence electrons. The second-order valence-electron chi connectivity index (χ2n) is 5.49. The van der Waals surface area contributed by atoms with Crippen LogP contribution in [0.15, 0.2) is 53.7 Å². The summed E-state index contributed by atoms with van der Waals surface area (Å²) in [6, 6.07) is 13.6. The average Bonchev–Trinajstić information content (AvgIpc) is 3.01. The maximum absolute atomic E-state index is 12.2. The molecule has 0 bridgehead atoms. The monoisotopic (exact) mass is 403 g/mol. The Balaban J connectivity index is 1.68. The molecular weight excluding hydrogens is 390 g/mol. The van der Waals surface area contributed by atoms with Crippen LogP contribution in [0.3, 0.4) is 0 Å². The SMILES string of the molecule is Cn1c(SCC(=O)Nc2cc(Cl)ccc2[N+](=O)[O-])nnc1-c1ccccc1. The van der Waals surface area contributed by atoms with Gasteiger partial charge in [0, 0.05) is 23.7 Å². The van der Waals surface area contributed by atoms with Crippen molar-refractivity contribution in [1.29, 1.82) is 0 Å². The molecule has 3 rings (SSSR count). The van der Waals surface area contributed by atoms with Crippen molar-refractivity contribution in [3.05, 3.63) is 63.7 Å². The number of benzene rings is 2. The zero-order valence-corrected chi connectivity index (χ0v) is 15.7. The zero-order chi connectivity index (χ0) is 19.4. The Kier molecular flexibility index (Phi) is 5.72. The molecular formula is C17H14ClN5O3S. The number of hydrogen-bond donors (Lipinski definition) is 1. The molecule has 0 atom stereocenters. The van der Waals surface area contributed by atoms with Crippen molar-refractivity contribution in [2.45, 2.75) is 5.16 Å². The van der Waals surface area contributed by atoms with Crippen molar-refractivity contribution in [3.8, 4) is 11.4 Å². The van der Waals surface area contributed by atoms with Crippen LogP contribution in [0.1, 0.15) is 0 Å². The first kappa shape index (κ1) is 18.9. The van der Waals surface area contributed by atoms with Crippen molar-refractivity contribution in [2.24, 2.45) is 7.05 Å². The lowest BCUT2D eigenvalue weighted by Gasteiger charge is -2.07. The normalized spacial score (nSPS) is 10.6. The molecule has 0 aliphatic heterocycles. The summed E-state index contributed by atoms with van der Waals surface area (Å²) < 4.78 is 1.79. The van der Waals surface area contributed by atoms with E-state index in [2.05, 4.69) is 15.5 Å². The van der Waals surface area contributed by atoms with Crippen molar-refractivity contribution in [3.63, 3.8) is 0 Å². The molecule has 0 saturated heterocycles. The van der Waals surface area contributed by atoms with Gasteiger partial charge in [-0.25, -0.2) is 0 Å². The van der Waals surface area contributed by atoms with Crippen LogP contribution in [0.4, 0.5) is 11.4 Å². The Morgan fingerprint density at radius 2 is 2.00 bits per heavy atom. The third-order valence-corrected chi connectivity index (χ3v) is 4.88. The fourth-order valence-electron chi connectivity index (χ4n) is 2.36. The summed E-state index contributed by atoms with van der Waals surface area (Å²) >= 11 is 7.04. The van der Waals surface area contributed by atoms with E-state index in [1.54, 1.807) is 4.57 Å². The number of anilines is 1. The number of nitro benzene ring substituents is 1. The first-order valence-electron chi connectivity index (χ1n) is 7.77. The van der Waals surface area contributed by atoms with E-state index in [-0.39, 0.29) is 17.1 Å². The largest absolute Gasteiger partial charge is 0.320 e. The molecule has 1 amide bonds. The van der Waals surface area contributed by atoms with Gasteiger partial charge in [-0.2, -0.15) is 0 Å². The molecule has 0 fully saturated rings. The molecule has 0 aliphatic carbocycles. The molecule has 1 heterocycles. The van der Waals surface area contributed by atoms with Crippen LogP contribution in [0.5, 0.6) is 0 Å². The number of nitrogens with one attached hydrogen (secondary N) is 1. The fraction of sp³-hybridized carbons (Fsp3) is 0.118. The summed E-state index contributed by atoms with van der Waals surface area (Å²) in [4.78, 5) is 22.7. The van der Waals surface area contributed by atoms with E-state index in [9.17, 15) is 14.9 Å². The summed E-state index contributed by atoms with van der Waals surface area (Å²) in [7, 11) is 1.81. The van der Waals surface area contributed by atoms with Crippen molar-refractivity contribution in [1.82, 2.24) is 14.8 Å². The van der Waals surface area contributed by atoms with Gasteiger partial charge in [0.15, 0.2) is 11.0 Å². The number of carbonyl (C=O) groups excluding carboxylic acids is 1. The third-order valence-electron chi connectivity index (χ3n) is 3.63. The Hall–Kier alpha value is -2.91. The predicted octanol–water partition coefficient (Wildman–Crippen LogP) is 3.77. The van der Waals surface area contributed by atoms with E-state index >= 15 is 0 Å². The number of halogens is 1. The average molecular weight is 404 g/mol. The van der Waals surface area contributed by atoms with E-state index in [1.807, 2.05) is 37.4 Å². The summed E-state index contributed by atoms with van der Waals surface area (Å²) in [5.41, 5.74) is 0.752. The highest BCUT2D eigenvalue weighted by Gasteiger charge is 2.17. The number of amides is 1. The van der Waals surface area contributed by atoms with Crippen LogP contribution >= 0.6 is 23.4 Å². The van der Waals surface area contributed by atoms with Gasteiger partial charge < -0.3 is 9.88 Å². The minimum absolute atomic E-state index is 0.0183. The highest BCUT2D eigenvalue weighted by Crippen LogP contribution is 2.28. The lowest BCUT2D eigenvalue weighted by Crippen LogP contribution is -2.15. The van der Waals surface area contributed by atoms with Crippen LogP contribution in [0.2, 0.25) is 5.02 Å². The lowest BCUT2D eigenvalue weighted by atomic mass is 10.2. The van der Waals surface area contributed by atoms with Gasteiger partial charge in [0.1, 0.15) is 5.69 Å². The number of thioether (sulfide) groups is 1. The first-order chi connectivity index (χ1) is 13.0. The van der Waals surface area contributed by atoms with Crippen LogP contribution in [-0.2, 0) is 11.8 Å². The minimum atomic E-state index is -0.576. The molecule has 0 unspecified atom stereocenters. The molecule has 0 radical (unpaired) electrons. The fourth-order valence-corrected chi connectivity index (χ4v) is 3.25. The Morgan fingerprint density at radius 3 is 2.70 bits per heavy atom. The van der Waals surface area contributed by atoms with Gasteiger partial charge in [0.05, 0.1) is 10.7 Å².